The van der Waals surface area contributed by atoms with Gasteiger partial charge in [-0.3, -0.25) is 9.56 Å². The van der Waals surface area contributed by atoms with E-state index in [2.05, 4.69) is 184 Å². The zero-order valence-corrected chi connectivity index (χ0v) is 31.2. The van der Waals surface area contributed by atoms with E-state index in [1.165, 1.54) is 60.2 Å². The molecule has 0 spiro atoms. The van der Waals surface area contributed by atoms with Crippen molar-refractivity contribution in [1.82, 2.24) is 8.97 Å². The predicted octanol–water partition coefficient (Wildman–Crippen LogP) is 12.6. The van der Waals surface area contributed by atoms with Gasteiger partial charge in [0.05, 0.1) is 34.1 Å². The molecule has 0 radical (unpaired) electrons. The molecule has 57 heavy (non-hydrogen) atoms. The number of allylic oxidation sites excluding steroid dienone is 1. The Balaban J connectivity index is 1.11. The summed E-state index contributed by atoms with van der Waals surface area (Å²) in [5, 5.41) is 12.0. The molecule has 0 amide bonds. The van der Waals surface area contributed by atoms with Crippen molar-refractivity contribution in [3.8, 4) is 0 Å². The SMILES string of the molecule is C=NC(=NC(=NCC1=CCCc2ccccc21)c1cccc2ccccc12)n1c2ccccc2c2cc3c(ccc4c5cccc6c7ccccc7n(c34)c65)cc21. The Morgan fingerprint density at radius 1 is 0.544 bits per heavy atom. The van der Waals surface area contributed by atoms with Crippen LogP contribution in [0.15, 0.2) is 179 Å². The zero-order valence-electron chi connectivity index (χ0n) is 31.2. The molecule has 0 saturated carbocycles. The number of benzene rings is 8. The molecule has 11 aromatic rings. The molecule has 1 aliphatic rings. The summed E-state index contributed by atoms with van der Waals surface area (Å²) in [6, 6.07) is 56.7. The summed E-state index contributed by atoms with van der Waals surface area (Å²) in [6.45, 7) is 4.64. The lowest BCUT2D eigenvalue weighted by atomic mass is 9.91. The van der Waals surface area contributed by atoms with Crippen LogP contribution in [0.3, 0.4) is 0 Å². The molecule has 1 aliphatic carbocycles. The third-order valence-corrected chi connectivity index (χ3v) is 12.1. The molecule has 268 valence electrons. The molecule has 0 atom stereocenters. The first-order valence-electron chi connectivity index (χ1n) is 19.6. The van der Waals surface area contributed by atoms with E-state index in [1.54, 1.807) is 0 Å². The number of fused-ring (bicyclic) bond motifs is 13. The summed E-state index contributed by atoms with van der Waals surface area (Å²) in [7, 11) is 0. The van der Waals surface area contributed by atoms with E-state index in [4.69, 9.17) is 9.98 Å². The molecular formula is C52H35N5. The van der Waals surface area contributed by atoms with Crippen molar-refractivity contribution in [2.24, 2.45) is 15.0 Å². The average Bonchev–Trinajstić information content (AvgIpc) is 3.91. The first-order valence-corrected chi connectivity index (χ1v) is 19.6. The number of rotatable bonds is 3. The highest BCUT2D eigenvalue weighted by Crippen LogP contribution is 2.43. The van der Waals surface area contributed by atoms with Gasteiger partial charge in [-0.2, -0.15) is 4.99 Å². The molecule has 3 heterocycles. The first kappa shape index (κ1) is 31.9. The second-order valence-electron chi connectivity index (χ2n) is 15.1. The van der Waals surface area contributed by atoms with Gasteiger partial charge in [-0.1, -0.05) is 140 Å². The summed E-state index contributed by atoms with van der Waals surface area (Å²) in [5.74, 6) is 1.11. The van der Waals surface area contributed by atoms with Crippen LogP contribution < -0.4 is 0 Å². The highest BCUT2D eigenvalue weighted by atomic mass is 15.2. The lowest BCUT2D eigenvalue weighted by molar-refractivity contribution is 0.967. The fourth-order valence-corrected chi connectivity index (χ4v) is 9.64. The van der Waals surface area contributed by atoms with Crippen LogP contribution >= 0.6 is 0 Å². The topological polar surface area (TPSA) is 46.4 Å². The highest BCUT2D eigenvalue weighted by molar-refractivity contribution is 6.29. The van der Waals surface area contributed by atoms with Crippen molar-refractivity contribution >= 4 is 106 Å². The van der Waals surface area contributed by atoms with E-state index in [-0.39, 0.29) is 0 Å². The highest BCUT2D eigenvalue weighted by Gasteiger charge is 2.22. The molecule has 0 fully saturated rings. The van der Waals surface area contributed by atoms with Crippen molar-refractivity contribution < 1.29 is 0 Å². The smallest absolute Gasteiger partial charge is 0.236 e. The average molecular weight is 730 g/mol. The number of hydrogen-bond acceptors (Lipinski definition) is 1. The molecule has 5 heteroatoms. The van der Waals surface area contributed by atoms with Crippen molar-refractivity contribution in [2.45, 2.75) is 12.8 Å². The van der Waals surface area contributed by atoms with Crippen LogP contribution in [0.25, 0.3) is 87.0 Å². The Morgan fingerprint density at radius 2 is 1.21 bits per heavy atom. The molecule has 12 rings (SSSR count). The van der Waals surface area contributed by atoms with Gasteiger partial charge in [0.1, 0.15) is 0 Å². The van der Waals surface area contributed by atoms with Gasteiger partial charge in [0.25, 0.3) is 0 Å². The summed E-state index contributed by atoms with van der Waals surface area (Å²) in [6.07, 6.45) is 4.38. The molecule has 3 aromatic heterocycles. The molecule has 0 aliphatic heterocycles. The minimum atomic E-state index is 0.483. The molecular weight excluding hydrogens is 695 g/mol. The summed E-state index contributed by atoms with van der Waals surface area (Å²) in [5.41, 5.74) is 10.6. The fourth-order valence-electron chi connectivity index (χ4n) is 9.64. The van der Waals surface area contributed by atoms with Crippen LogP contribution in [-0.2, 0) is 6.42 Å². The van der Waals surface area contributed by atoms with Crippen LogP contribution in [0.2, 0.25) is 0 Å². The van der Waals surface area contributed by atoms with Crippen molar-refractivity contribution in [1.29, 1.82) is 0 Å². The van der Waals surface area contributed by atoms with Crippen molar-refractivity contribution in [3.63, 3.8) is 0 Å². The number of amidine groups is 1. The third-order valence-electron chi connectivity index (χ3n) is 12.1. The standard InChI is InChI=1S/C52H35N5/c1-53-52(55-51(43-24-11-16-33-14-3-5-19-37(33)43)54-31-35-17-10-15-32-13-2-4-18-36(32)35)56-46-25-8-7-21-39(46)45-30-44-34(29-48(45)56)27-28-42-41-23-12-22-40-38-20-6-9-26-47(38)57(49(40)41)50(42)44/h2-9,11-14,16-30H,1,10,15,31H2. The monoisotopic (exact) mass is 729 g/mol. The molecule has 5 nitrogen and oxygen atoms in total. The Kier molecular flexibility index (Phi) is 6.90. The van der Waals surface area contributed by atoms with Gasteiger partial charge < -0.3 is 4.40 Å². The van der Waals surface area contributed by atoms with Gasteiger partial charge in [-0.05, 0) is 76.7 Å². The summed E-state index contributed by atoms with van der Waals surface area (Å²) in [4.78, 5) is 15.4. The number of aryl methyl sites for hydroxylation is 1. The second kappa shape index (κ2) is 12.3. The van der Waals surface area contributed by atoms with Crippen LogP contribution in [0, 0.1) is 0 Å². The van der Waals surface area contributed by atoms with E-state index in [0.717, 1.165) is 56.4 Å². The third kappa shape index (κ3) is 4.66. The number of aliphatic imine (C=N–C) groups is 3. The fraction of sp³-hybridized carbons (Fsp3) is 0.0577. The van der Waals surface area contributed by atoms with E-state index in [0.29, 0.717) is 18.3 Å². The van der Waals surface area contributed by atoms with Gasteiger partial charge in [-0.15, -0.1) is 0 Å². The van der Waals surface area contributed by atoms with Gasteiger partial charge >= 0.3 is 0 Å². The van der Waals surface area contributed by atoms with Gasteiger partial charge in [-0.25, -0.2) is 4.99 Å². The number of aromatic nitrogens is 2. The maximum absolute atomic E-state index is 5.39. The first-order chi connectivity index (χ1) is 28.2. The van der Waals surface area contributed by atoms with Gasteiger partial charge in [0, 0.05) is 43.3 Å². The lowest BCUT2D eigenvalue weighted by Crippen LogP contribution is -2.13. The van der Waals surface area contributed by atoms with Crippen LogP contribution in [0.1, 0.15) is 23.1 Å². The van der Waals surface area contributed by atoms with Crippen LogP contribution in [0.5, 0.6) is 0 Å². The van der Waals surface area contributed by atoms with Crippen molar-refractivity contribution in [3.05, 3.63) is 180 Å². The molecule has 8 aromatic carbocycles. The predicted molar refractivity (Wildman–Crippen MR) is 242 cm³/mol. The Bertz CT molecular complexity index is 3570. The molecule has 0 unspecified atom stereocenters. The van der Waals surface area contributed by atoms with Gasteiger partial charge in [0.15, 0.2) is 5.84 Å². The number of hydrogen-bond donors (Lipinski definition) is 0. The van der Waals surface area contributed by atoms with Crippen molar-refractivity contribution in [2.75, 3.05) is 6.54 Å². The maximum Gasteiger partial charge on any atom is 0.236 e. The van der Waals surface area contributed by atoms with E-state index in [9.17, 15) is 0 Å². The Morgan fingerprint density at radius 3 is 2.09 bits per heavy atom. The van der Waals surface area contributed by atoms with Crippen LogP contribution in [-0.4, -0.2) is 34.0 Å². The largest absolute Gasteiger partial charge is 0.307 e. The zero-order chi connectivity index (χ0) is 37.6. The van der Waals surface area contributed by atoms with E-state index < -0.39 is 0 Å². The number of para-hydroxylation sites is 3. The minimum Gasteiger partial charge on any atom is -0.307 e. The van der Waals surface area contributed by atoms with E-state index in [1.807, 2.05) is 0 Å². The lowest BCUT2D eigenvalue weighted by Gasteiger charge is -2.17. The Hall–Kier alpha value is -7.37. The number of nitrogens with zero attached hydrogens (tertiary/aromatic N) is 5. The minimum absolute atomic E-state index is 0.483. The summed E-state index contributed by atoms with van der Waals surface area (Å²) >= 11 is 0. The second-order valence-corrected chi connectivity index (χ2v) is 15.1. The maximum atomic E-state index is 5.39. The summed E-state index contributed by atoms with van der Waals surface area (Å²) < 4.78 is 4.64. The van der Waals surface area contributed by atoms with E-state index >= 15 is 0 Å². The quantitative estimate of drug-likeness (QED) is 0.128. The van der Waals surface area contributed by atoms with Crippen LogP contribution in [0.4, 0.5) is 0 Å². The Labute approximate surface area is 328 Å². The molecule has 0 bridgehead atoms. The van der Waals surface area contributed by atoms with Gasteiger partial charge in [0.2, 0.25) is 5.96 Å². The molecule has 0 N–H and O–H groups in total. The molecule has 0 saturated heterocycles. The normalized spacial score (nSPS) is 13.9.